The minimum atomic E-state index is 0.364. The van der Waals surface area contributed by atoms with Gasteiger partial charge in [0.1, 0.15) is 23.8 Å². The molecule has 0 bridgehead atoms. The van der Waals surface area contributed by atoms with Gasteiger partial charge >= 0.3 is 0 Å². The van der Waals surface area contributed by atoms with E-state index in [0.29, 0.717) is 28.9 Å². The number of rotatable bonds is 3. The minimum absolute atomic E-state index is 0.364. The number of nitrogens with one attached hydrogen (secondary N) is 2. The van der Waals surface area contributed by atoms with Crippen molar-refractivity contribution in [1.82, 2.24) is 9.97 Å². The normalized spacial score (nSPS) is 18.3. The fourth-order valence-electron chi connectivity index (χ4n) is 3.11. The van der Waals surface area contributed by atoms with E-state index in [2.05, 4.69) is 26.7 Å². The first-order chi connectivity index (χ1) is 11.8. The summed E-state index contributed by atoms with van der Waals surface area (Å²) >= 11 is 0. The maximum atomic E-state index is 9.59. The summed E-state index contributed by atoms with van der Waals surface area (Å²) in [6.45, 7) is 0. The summed E-state index contributed by atoms with van der Waals surface area (Å²) in [5, 5.41) is 16.1. The highest BCUT2D eigenvalue weighted by atomic mass is 16.5. The lowest BCUT2D eigenvalue weighted by Gasteiger charge is -2.13. The van der Waals surface area contributed by atoms with E-state index < -0.39 is 0 Å². The van der Waals surface area contributed by atoms with Gasteiger partial charge in [-0.1, -0.05) is 25.0 Å². The Labute approximate surface area is 140 Å². The molecule has 1 aromatic heterocycles. The summed E-state index contributed by atoms with van der Waals surface area (Å²) in [6, 6.07) is 12.0. The number of hydrogen-bond acceptors (Lipinski definition) is 6. The molecule has 2 aliphatic rings. The Hall–Kier alpha value is -3.07. The Kier molecular flexibility index (Phi) is 3.75. The third-order valence-corrected chi connectivity index (χ3v) is 4.32. The Morgan fingerprint density at radius 3 is 2.88 bits per heavy atom. The van der Waals surface area contributed by atoms with Gasteiger partial charge in [-0.3, -0.25) is 0 Å². The zero-order chi connectivity index (χ0) is 16.4. The SMILES string of the molecule is N#CC(=C1Nc2ccccc2O1)c1cc(NC2CCCC2)ncn1. The molecule has 0 amide bonds. The van der Waals surface area contributed by atoms with Crippen LogP contribution in [0.4, 0.5) is 11.5 Å². The van der Waals surface area contributed by atoms with E-state index >= 15 is 0 Å². The number of hydrogen-bond donors (Lipinski definition) is 2. The van der Waals surface area contributed by atoms with Crippen molar-refractivity contribution in [2.45, 2.75) is 31.7 Å². The summed E-state index contributed by atoms with van der Waals surface area (Å²) in [6.07, 6.45) is 6.29. The second kappa shape index (κ2) is 6.20. The van der Waals surface area contributed by atoms with Crippen molar-refractivity contribution in [1.29, 1.82) is 5.26 Å². The van der Waals surface area contributed by atoms with Gasteiger partial charge in [-0.05, 0) is 25.0 Å². The molecule has 2 N–H and O–H groups in total. The van der Waals surface area contributed by atoms with Crippen molar-refractivity contribution in [2.24, 2.45) is 0 Å². The molecule has 0 spiro atoms. The first-order valence-electron chi connectivity index (χ1n) is 8.11. The van der Waals surface area contributed by atoms with Crippen molar-refractivity contribution >= 4 is 17.1 Å². The molecule has 1 aromatic carbocycles. The van der Waals surface area contributed by atoms with E-state index in [1.807, 2.05) is 24.3 Å². The van der Waals surface area contributed by atoms with E-state index in [1.54, 1.807) is 6.07 Å². The predicted molar refractivity (Wildman–Crippen MR) is 91.1 cm³/mol. The number of anilines is 2. The molecule has 0 saturated heterocycles. The highest BCUT2D eigenvalue weighted by molar-refractivity contribution is 5.82. The van der Waals surface area contributed by atoms with Crippen LogP contribution in [0.5, 0.6) is 5.75 Å². The fraction of sp³-hybridized carbons (Fsp3) is 0.278. The zero-order valence-electron chi connectivity index (χ0n) is 13.1. The van der Waals surface area contributed by atoms with Crippen molar-refractivity contribution < 1.29 is 4.74 Å². The Morgan fingerprint density at radius 1 is 1.25 bits per heavy atom. The van der Waals surface area contributed by atoms with Crippen LogP contribution in [0.1, 0.15) is 31.4 Å². The highest BCUT2D eigenvalue weighted by Crippen LogP contribution is 2.35. The van der Waals surface area contributed by atoms with Crippen LogP contribution in [-0.4, -0.2) is 16.0 Å². The standard InChI is InChI=1S/C18H17N5O/c19-10-13(18-23-14-7-3-4-8-16(14)24-18)15-9-17(21-11-20-15)22-12-5-1-2-6-12/h3-4,7-9,11-12,23H,1-2,5-6H2,(H,20,21,22). The number of fused-ring (bicyclic) bond motifs is 1. The lowest BCUT2D eigenvalue weighted by molar-refractivity contribution is 0.460. The number of aromatic nitrogens is 2. The molecule has 120 valence electrons. The minimum Gasteiger partial charge on any atom is -0.437 e. The molecule has 1 fully saturated rings. The van der Waals surface area contributed by atoms with Crippen molar-refractivity contribution in [3.05, 3.63) is 48.2 Å². The summed E-state index contributed by atoms with van der Waals surface area (Å²) in [5.41, 5.74) is 1.75. The van der Waals surface area contributed by atoms with Crippen molar-refractivity contribution in [2.75, 3.05) is 10.6 Å². The van der Waals surface area contributed by atoms with E-state index in [-0.39, 0.29) is 0 Å². The number of para-hydroxylation sites is 2. The highest BCUT2D eigenvalue weighted by Gasteiger charge is 2.22. The van der Waals surface area contributed by atoms with Crippen molar-refractivity contribution in [3.8, 4) is 11.8 Å². The lowest BCUT2D eigenvalue weighted by atomic mass is 10.2. The molecule has 0 unspecified atom stereocenters. The molecule has 0 radical (unpaired) electrons. The molecule has 0 atom stereocenters. The van der Waals surface area contributed by atoms with Crippen LogP contribution < -0.4 is 15.4 Å². The third-order valence-electron chi connectivity index (χ3n) is 4.32. The average Bonchev–Trinajstić information content (AvgIpc) is 3.25. The van der Waals surface area contributed by atoms with Gasteiger partial charge in [-0.15, -0.1) is 0 Å². The molecule has 6 nitrogen and oxygen atoms in total. The van der Waals surface area contributed by atoms with E-state index in [1.165, 1.54) is 19.2 Å². The van der Waals surface area contributed by atoms with E-state index in [4.69, 9.17) is 4.74 Å². The van der Waals surface area contributed by atoms with Crippen molar-refractivity contribution in [3.63, 3.8) is 0 Å². The second-order valence-corrected chi connectivity index (χ2v) is 5.95. The largest absolute Gasteiger partial charge is 0.437 e. The van der Waals surface area contributed by atoms with Crippen LogP contribution in [0.25, 0.3) is 5.57 Å². The second-order valence-electron chi connectivity index (χ2n) is 5.95. The number of nitrogens with zero attached hydrogens (tertiary/aromatic N) is 3. The number of nitriles is 1. The first-order valence-corrected chi connectivity index (χ1v) is 8.11. The van der Waals surface area contributed by atoms with Crippen LogP contribution in [0, 0.1) is 11.3 Å². The molecule has 1 aliphatic carbocycles. The molecule has 2 aromatic rings. The third kappa shape index (κ3) is 2.76. The molecule has 24 heavy (non-hydrogen) atoms. The van der Waals surface area contributed by atoms with Crippen LogP contribution in [-0.2, 0) is 0 Å². The summed E-state index contributed by atoms with van der Waals surface area (Å²) in [4.78, 5) is 8.51. The first kappa shape index (κ1) is 14.5. The summed E-state index contributed by atoms with van der Waals surface area (Å²) in [5.74, 6) is 1.86. The predicted octanol–water partition coefficient (Wildman–Crippen LogP) is 3.53. The maximum absolute atomic E-state index is 9.59. The number of ether oxygens (including phenoxy) is 1. The fourth-order valence-corrected chi connectivity index (χ4v) is 3.11. The maximum Gasteiger partial charge on any atom is 0.218 e. The molecular formula is C18H17N5O. The van der Waals surface area contributed by atoms with Gasteiger partial charge in [-0.2, -0.15) is 5.26 Å². The van der Waals surface area contributed by atoms with Gasteiger partial charge in [0.2, 0.25) is 5.88 Å². The van der Waals surface area contributed by atoms with Crippen LogP contribution >= 0.6 is 0 Å². The Morgan fingerprint density at radius 2 is 2.08 bits per heavy atom. The van der Waals surface area contributed by atoms with Gasteiger partial charge in [0.15, 0.2) is 5.75 Å². The molecule has 4 rings (SSSR count). The molecule has 1 aliphatic heterocycles. The monoisotopic (exact) mass is 319 g/mol. The van der Waals surface area contributed by atoms with Crippen LogP contribution in [0.15, 0.2) is 42.5 Å². The average molecular weight is 319 g/mol. The number of allylic oxidation sites excluding steroid dienone is 1. The summed E-state index contributed by atoms with van der Waals surface area (Å²) in [7, 11) is 0. The zero-order valence-corrected chi connectivity index (χ0v) is 13.1. The summed E-state index contributed by atoms with van der Waals surface area (Å²) < 4.78 is 5.75. The number of benzene rings is 1. The van der Waals surface area contributed by atoms with Gasteiger partial charge in [-0.25, -0.2) is 9.97 Å². The van der Waals surface area contributed by atoms with E-state index in [9.17, 15) is 5.26 Å². The quantitative estimate of drug-likeness (QED) is 0.842. The smallest absolute Gasteiger partial charge is 0.218 e. The van der Waals surface area contributed by atoms with Gasteiger partial charge in [0, 0.05) is 12.1 Å². The lowest BCUT2D eigenvalue weighted by Crippen LogP contribution is -2.15. The Balaban J connectivity index is 1.62. The van der Waals surface area contributed by atoms with Gasteiger partial charge in [0.05, 0.1) is 11.4 Å². The van der Waals surface area contributed by atoms with Crippen LogP contribution in [0.2, 0.25) is 0 Å². The van der Waals surface area contributed by atoms with Crippen LogP contribution in [0.3, 0.4) is 0 Å². The van der Waals surface area contributed by atoms with Gasteiger partial charge in [0.25, 0.3) is 0 Å². The Bertz CT molecular complexity index is 806. The molecule has 2 heterocycles. The topological polar surface area (TPSA) is 82.9 Å². The van der Waals surface area contributed by atoms with E-state index in [0.717, 1.165) is 24.3 Å². The molecule has 1 saturated carbocycles. The van der Waals surface area contributed by atoms with Gasteiger partial charge < -0.3 is 15.4 Å². The molecular weight excluding hydrogens is 302 g/mol. The molecule has 6 heteroatoms.